The number of nitrogens with zero attached hydrogens (tertiary/aromatic N) is 1. The van der Waals surface area contributed by atoms with Crippen molar-refractivity contribution in [2.45, 2.75) is 6.92 Å². The van der Waals surface area contributed by atoms with Crippen LogP contribution < -0.4 is 10.1 Å². The second kappa shape index (κ2) is 7.33. The Kier molecular flexibility index (Phi) is 4.73. The molecule has 0 bridgehead atoms. The lowest BCUT2D eigenvalue weighted by Crippen LogP contribution is -2.15. The van der Waals surface area contributed by atoms with Gasteiger partial charge < -0.3 is 15.0 Å². The molecule has 0 atom stereocenters. The standard InChI is InChI=1S/C22H20ClN3O/c1-3-24-9-10-27-19-8-7-17(15-6-4-5-14(2)11-15)20-18-12-16(23)13-25-22(18)26-21(19)20/h3-8,11-13,24H,1,9-10H2,2H3,(H,25,26). The summed E-state index contributed by atoms with van der Waals surface area (Å²) in [7, 11) is 0. The predicted octanol–water partition coefficient (Wildman–Crippen LogP) is 5.46. The van der Waals surface area contributed by atoms with Crippen LogP contribution in [0.2, 0.25) is 5.02 Å². The smallest absolute Gasteiger partial charge is 0.143 e. The molecule has 4 aromatic rings. The van der Waals surface area contributed by atoms with Crippen LogP contribution in [0.3, 0.4) is 0 Å². The van der Waals surface area contributed by atoms with E-state index < -0.39 is 0 Å². The van der Waals surface area contributed by atoms with Crippen molar-refractivity contribution in [3.8, 4) is 16.9 Å². The van der Waals surface area contributed by atoms with E-state index in [0.29, 0.717) is 18.2 Å². The number of benzene rings is 2. The number of pyridine rings is 1. The zero-order valence-corrected chi connectivity index (χ0v) is 15.8. The summed E-state index contributed by atoms with van der Waals surface area (Å²) >= 11 is 6.23. The van der Waals surface area contributed by atoms with E-state index in [1.54, 1.807) is 12.4 Å². The minimum atomic E-state index is 0.536. The van der Waals surface area contributed by atoms with Gasteiger partial charge in [-0.15, -0.1) is 0 Å². The molecule has 0 amide bonds. The number of hydrogen-bond donors (Lipinski definition) is 2. The monoisotopic (exact) mass is 377 g/mol. The lowest BCUT2D eigenvalue weighted by Gasteiger charge is -2.11. The summed E-state index contributed by atoms with van der Waals surface area (Å²) < 4.78 is 5.99. The molecular weight excluding hydrogens is 358 g/mol. The van der Waals surface area contributed by atoms with Gasteiger partial charge in [0.15, 0.2) is 0 Å². The Balaban J connectivity index is 1.92. The lowest BCUT2D eigenvalue weighted by molar-refractivity contribution is 0.324. The maximum Gasteiger partial charge on any atom is 0.143 e. The van der Waals surface area contributed by atoms with E-state index in [-0.39, 0.29) is 0 Å². The first-order chi connectivity index (χ1) is 13.2. The molecule has 0 saturated heterocycles. The highest BCUT2D eigenvalue weighted by atomic mass is 35.5. The molecule has 27 heavy (non-hydrogen) atoms. The summed E-state index contributed by atoms with van der Waals surface area (Å²) in [6.45, 7) is 6.97. The molecule has 0 aliphatic rings. The second-order valence-corrected chi connectivity index (χ2v) is 6.85. The second-order valence-electron chi connectivity index (χ2n) is 6.41. The third-order valence-corrected chi connectivity index (χ3v) is 4.72. The lowest BCUT2D eigenvalue weighted by atomic mass is 9.98. The molecule has 0 unspecified atom stereocenters. The topological polar surface area (TPSA) is 49.9 Å². The van der Waals surface area contributed by atoms with Gasteiger partial charge in [0, 0.05) is 23.5 Å². The Morgan fingerprint density at radius 3 is 2.96 bits per heavy atom. The minimum Gasteiger partial charge on any atom is -0.490 e. The maximum atomic E-state index is 6.23. The highest BCUT2D eigenvalue weighted by Crippen LogP contribution is 2.39. The molecule has 4 nitrogen and oxygen atoms in total. The van der Waals surface area contributed by atoms with Crippen LogP contribution in [-0.2, 0) is 0 Å². The average Bonchev–Trinajstić information content (AvgIpc) is 3.04. The average molecular weight is 378 g/mol. The Hall–Kier alpha value is -2.98. The van der Waals surface area contributed by atoms with Crippen LogP contribution in [0.25, 0.3) is 33.1 Å². The van der Waals surface area contributed by atoms with E-state index in [9.17, 15) is 0 Å². The quantitative estimate of drug-likeness (QED) is 0.439. The van der Waals surface area contributed by atoms with Crippen LogP contribution in [0.4, 0.5) is 0 Å². The van der Waals surface area contributed by atoms with Crippen molar-refractivity contribution >= 4 is 33.5 Å². The zero-order chi connectivity index (χ0) is 18.8. The number of aryl methyl sites for hydroxylation is 1. The zero-order valence-electron chi connectivity index (χ0n) is 15.1. The van der Waals surface area contributed by atoms with E-state index in [1.165, 1.54) is 5.56 Å². The molecule has 5 heteroatoms. The van der Waals surface area contributed by atoms with Crippen molar-refractivity contribution < 1.29 is 4.74 Å². The summed E-state index contributed by atoms with van der Waals surface area (Å²) in [5, 5.41) is 5.71. The van der Waals surface area contributed by atoms with Crippen LogP contribution >= 0.6 is 11.6 Å². The van der Waals surface area contributed by atoms with Gasteiger partial charge in [0.1, 0.15) is 18.0 Å². The van der Waals surface area contributed by atoms with Gasteiger partial charge in [-0.25, -0.2) is 4.98 Å². The molecule has 2 aromatic carbocycles. The van der Waals surface area contributed by atoms with Gasteiger partial charge in [-0.2, -0.15) is 0 Å². The Morgan fingerprint density at radius 1 is 1.26 bits per heavy atom. The molecule has 2 N–H and O–H groups in total. The SMILES string of the molecule is C=CNCCOc1ccc(-c2cccc(C)c2)c2c1[nH]c1ncc(Cl)cc12. The first-order valence-electron chi connectivity index (χ1n) is 8.81. The number of rotatable bonds is 6. The van der Waals surface area contributed by atoms with Crippen LogP contribution in [0.5, 0.6) is 5.75 Å². The fraction of sp³-hybridized carbons (Fsp3) is 0.136. The van der Waals surface area contributed by atoms with Gasteiger partial charge in [0.25, 0.3) is 0 Å². The molecule has 136 valence electrons. The van der Waals surface area contributed by atoms with Gasteiger partial charge in [0.05, 0.1) is 10.5 Å². The highest BCUT2D eigenvalue weighted by Gasteiger charge is 2.16. The first kappa shape index (κ1) is 17.4. The van der Waals surface area contributed by atoms with E-state index >= 15 is 0 Å². The molecular formula is C22H20ClN3O. The number of H-pyrrole nitrogens is 1. The van der Waals surface area contributed by atoms with E-state index in [0.717, 1.165) is 38.8 Å². The van der Waals surface area contributed by atoms with Gasteiger partial charge in [-0.1, -0.05) is 48.0 Å². The molecule has 0 aliphatic carbocycles. The third kappa shape index (κ3) is 3.36. The highest BCUT2D eigenvalue weighted by molar-refractivity contribution is 6.31. The van der Waals surface area contributed by atoms with E-state index in [1.807, 2.05) is 12.1 Å². The van der Waals surface area contributed by atoms with Crippen molar-refractivity contribution in [3.05, 3.63) is 72.0 Å². The number of nitrogens with one attached hydrogen (secondary N) is 2. The van der Waals surface area contributed by atoms with Crippen molar-refractivity contribution in [3.63, 3.8) is 0 Å². The molecule has 0 fully saturated rings. The molecule has 4 rings (SSSR count). The molecule has 0 aliphatic heterocycles. The Morgan fingerprint density at radius 2 is 2.15 bits per heavy atom. The summed E-state index contributed by atoms with van der Waals surface area (Å²) in [4.78, 5) is 7.86. The molecule has 2 aromatic heterocycles. The number of fused-ring (bicyclic) bond motifs is 3. The molecule has 0 radical (unpaired) electrons. The fourth-order valence-electron chi connectivity index (χ4n) is 3.33. The van der Waals surface area contributed by atoms with E-state index in [4.69, 9.17) is 16.3 Å². The number of ether oxygens (including phenoxy) is 1. The summed E-state index contributed by atoms with van der Waals surface area (Å²) in [6, 6.07) is 14.5. The van der Waals surface area contributed by atoms with Gasteiger partial charge in [0.2, 0.25) is 0 Å². The van der Waals surface area contributed by atoms with Gasteiger partial charge >= 0.3 is 0 Å². The van der Waals surface area contributed by atoms with E-state index in [2.05, 4.69) is 59.1 Å². The van der Waals surface area contributed by atoms with Crippen molar-refractivity contribution in [1.82, 2.24) is 15.3 Å². The largest absolute Gasteiger partial charge is 0.490 e. The van der Waals surface area contributed by atoms with Crippen LogP contribution in [0.1, 0.15) is 5.56 Å². The minimum absolute atomic E-state index is 0.536. The Labute approximate surface area is 162 Å². The fourth-order valence-corrected chi connectivity index (χ4v) is 3.49. The van der Waals surface area contributed by atoms with Crippen LogP contribution in [0.15, 0.2) is 61.4 Å². The third-order valence-electron chi connectivity index (χ3n) is 4.51. The van der Waals surface area contributed by atoms with Crippen molar-refractivity contribution in [1.29, 1.82) is 0 Å². The van der Waals surface area contributed by atoms with Crippen molar-refractivity contribution in [2.24, 2.45) is 0 Å². The Bertz CT molecular complexity index is 1130. The first-order valence-corrected chi connectivity index (χ1v) is 9.19. The van der Waals surface area contributed by atoms with Crippen molar-refractivity contribution in [2.75, 3.05) is 13.2 Å². The number of halogens is 1. The normalized spacial score (nSPS) is 11.0. The predicted molar refractivity (Wildman–Crippen MR) is 112 cm³/mol. The summed E-state index contributed by atoms with van der Waals surface area (Å²) in [5.74, 6) is 0.793. The molecule has 2 heterocycles. The van der Waals surface area contributed by atoms with Crippen LogP contribution in [-0.4, -0.2) is 23.1 Å². The number of aromatic nitrogens is 2. The van der Waals surface area contributed by atoms with Gasteiger partial charge in [-0.3, -0.25) is 0 Å². The maximum absolute atomic E-state index is 6.23. The summed E-state index contributed by atoms with van der Waals surface area (Å²) in [6.07, 6.45) is 3.31. The summed E-state index contributed by atoms with van der Waals surface area (Å²) in [5.41, 5.74) is 5.22. The molecule has 0 saturated carbocycles. The van der Waals surface area contributed by atoms with Crippen LogP contribution in [0, 0.1) is 6.92 Å². The number of aromatic amines is 1. The number of hydrogen-bond acceptors (Lipinski definition) is 3. The van der Waals surface area contributed by atoms with Gasteiger partial charge in [-0.05, 0) is 42.4 Å². The molecule has 0 spiro atoms.